The zero-order valence-electron chi connectivity index (χ0n) is 8.06. The number of hydrogen-bond acceptors (Lipinski definition) is 4. The van der Waals surface area contributed by atoms with Crippen molar-refractivity contribution in [2.75, 3.05) is 24.0 Å². The Morgan fingerprint density at radius 3 is 3.00 bits per heavy atom. The number of nitrogens with zero attached hydrogens (tertiary/aromatic N) is 2. The van der Waals surface area contributed by atoms with E-state index in [0.717, 1.165) is 5.01 Å². The Labute approximate surface area is 85.8 Å². The lowest BCUT2D eigenvalue weighted by Gasteiger charge is -2.24. The molecule has 6 heteroatoms. The lowest BCUT2D eigenvalue weighted by Crippen LogP contribution is -2.34. The van der Waals surface area contributed by atoms with Crippen molar-refractivity contribution in [2.45, 2.75) is 0 Å². The third kappa shape index (κ3) is 1.61. The Bertz CT molecular complexity index is 419. The molecule has 0 saturated carbocycles. The van der Waals surface area contributed by atoms with E-state index in [9.17, 15) is 9.70 Å². The first-order chi connectivity index (χ1) is 7.24. The number of amides is 1. The number of benzene rings is 1. The molecule has 2 rings (SSSR count). The maximum absolute atomic E-state index is 11.2. The highest BCUT2D eigenvalue weighted by Gasteiger charge is 2.22. The SMILES string of the molecule is COc1ccc2c(c1)NC(=O)CN2N=O. The van der Waals surface area contributed by atoms with Crippen LogP contribution in [0.15, 0.2) is 23.5 Å². The summed E-state index contributed by atoms with van der Waals surface area (Å²) in [5.41, 5.74) is 1.11. The number of carbonyl (C=O) groups is 1. The summed E-state index contributed by atoms with van der Waals surface area (Å²) in [4.78, 5) is 21.7. The normalized spacial score (nSPS) is 14.2. The minimum atomic E-state index is -0.268. The molecule has 6 nitrogen and oxygen atoms in total. The molecule has 1 aromatic rings. The van der Waals surface area contributed by atoms with Crippen LogP contribution in [-0.2, 0) is 4.79 Å². The zero-order chi connectivity index (χ0) is 10.8. The smallest absolute Gasteiger partial charge is 0.246 e. The van der Waals surface area contributed by atoms with Crippen LogP contribution in [0.25, 0.3) is 0 Å². The first-order valence-corrected chi connectivity index (χ1v) is 4.33. The highest BCUT2D eigenvalue weighted by molar-refractivity contribution is 6.01. The number of anilines is 2. The van der Waals surface area contributed by atoms with E-state index in [1.54, 1.807) is 18.2 Å². The van der Waals surface area contributed by atoms with Gasteiger partial charge in [0.05, 0.1) is 23.8 Å². The van der Waals surface area contributed by atoms with Gasteiger partial charge in [-0.05, 0) is 12.1 Å². The molecular formula is C9H9N3O3. The number of methoxy groups -OCH3 is 1. The van der Waals surface area contributed by atoms with E-state index < -0.39 is 0 Å². The molecule has 0 atom stereocenters. The van der Waals surface area contributed by atoms with Crippen LogP contribution in [0, 0.1) is 4.91 Å². The fourth-order valence-electron chi connectivity index (χ4n) is 1.45. The maximum Gasteiger partial charge on any atom is 0.246 e. The van der Waals surface area contributed by atoms with E-state index in [0.29, 0.717) is 17.1 Å². The topological polar surface area (TPSA) is 71.0 Å². The van der Waals surface area contributed by atoms with Gasteiger partial charge in [-0.1, -0.05) is 0 Å². The first kappa shape index (κ1) is 9.45. The number of nitroso groups, excluding NO2 is 1. The molecule has 0 fully saturated rings. The molecule has 1 aromatic carbocycles. The monoisotopic (exact) mass is 207 g/mol. The Kier molecular flexibility index (Phi) is 2.24. The van der Waals surface area contributed by atoms with Crippen molar-refractivity contribution in [2.24, 2.45) is 5.29 Å². The molecule has 1 N–H and O–H groups in total. The summed E-state index contributed by atoms with van der Waals surface area (Å²) in [6, 6.07) is 5.02. The van der Waals surface area contributed by atoms with Crippen LogP contribution in [0.3, 0.4) is 0 Å². The van der Waals surface area contributed by atoms with Crippen LogP contribution in [0.2, 0.25) is 0 Å². The molecule has 0 aromatic heterocycles. The van der Waals surface area contributed by atoms with Gasteiger partial charge in [-0.25, -0.2) is 5.01 Å². The summed E-state index contributed by atoms with van der Waals surface area (Å²) < 4.78 is 5.01. The van der Waals surface area contributed by atoms with Gasteiger partial charge in [0.2, 0.25) is 5.91 Å². The molecular weight excluding hydrogens is 198 g/mol. The van der Waals surface area contributed by atoms with Gasteiger partial charge in [0.15, 0.2) is 0 Å². The van der Waals surface area contributed by atoms with Crippen molar-refractivity contribution in [3.63, 3.8) is 0 Å². The molecule has 1 aliphatic heterocycles. The van der Waals surface area contributed by atoms with Crippen LogP contribution >= 0.6 is 0 Å². The minimum Gasteiger partial charge on any atom is -0.497 e. The predicted molar refractivity (Wildman–Crippen MR) is 54.8 cm³/mol. The molecule has 78 valence electrons. The summed E-state index contributed by atoms with van der Waals surface area (Å²) in [5, 5.41) is 6.52. The Hall–Kier alpha value is -2.11. The van der Waals surface area contributed by atoms with Crippen molar-refractivity contribution in [1.82, 2.24) is 0 Å². The lowest BCUT2D eigenvalue weighted by molar-refractivity contribution is -0.115. The predicted octanol–water partition coefficient (Wildman–Crippen LogP) is 1.14. The van der Waals surface area contributed by atoms with Crippen molar-refractivity contribution in [1.29, 1.82) is 0 Å². The highest BCUT2D eigenvalue weighted by Crippen LogP contribution is 2.32. The fourth-order valence-corrected chi connectivity index (χ4v) is 1.45. The molecule has 0 saturated heterocycles. The highest BCUT2D eigenvalue weighted by atomic mass is 16.5. The first-order valence-electron chi connectivity index (χ1n) is 4.33. The standard InChI is InChI=1S/C9H9N3O3/c1-15-6-2-3-8-7(4-6)10-9(13)5-12(8)11-14/h2-4H,5H2,1H3,(H,10,13). The van der Waals surface area contributed by atoms with Gasteiger partial charge in [-0.3, -0.25) is 4.79 Å². The Morgan fingerprint density at radius 1 is 1.53 bits per heavy atom. The quantitative estimate of drug-likeness (QED) is 0.738. The number of ether oxygens (including phenoxy) is 1. The average Bonchev–Trinajstić information content (AvgIpc) is 2.26. The molecule has 0 bridgehead atoms. The van der Waals surface area contributed by atoms with E-state index in [2.05, 4.69) is 10.6 Å². The van der Waals surface area contributed by atoms with Gasteiger partial charge in [-0.2, -0.15) is 0 Å². The average molecular weight is 207 g/mol. The van der Waals surface area contributed by atoms with E-state index in [4.69, 9.17) is 4.74 Å². The van der Waals surface area contributed by atoms with Crippen molar-refractivity contribution in [3.05, 3.63) is 23.1 Å². The second kappa shape index (κ2) is 3.56. The van der Waals surface area contributed by atoms with Gasteiger partial charge in [0, 0.05) is 6.07 Å². The van der Waals surface area contributed by atoms with Crippen LogP contribution in [-0.4, -0.2) is 19.6 Å². The molecule has 0 unspecified atom stereocenters. The Morgan fingerprint density at radius 2 is 2.33 bits per heavy atom. The van der Waals surface area contributed by atoms with Gasteiger partial charge < -0.3 is 10.1 Å². The van der Waals surface area contributed by atoms with Crippen LogP contribution < -0.4 is 15.1 Å². The number of fused-ring (bicyclic) bond motifs is 1. The molecule has 1 aliphatic rings. The summed E-state index contributed by atoms with van der Waals surface area (Å²) in [6.07, 6.45) is 0. The largest absolute Gasteiger partial charge is 0.497 e. The third-order valence-electron chi connectivity index (χ3n) is 2.15. The molecule has 0 spiro atoms. The second-order valence-corrected chi connectivity index (χ2v) is 3.07. The number of carbonyl (C=O) groups excluding carboxylic acids is 1. The molecule has 1 heterocycles. The van der Waals surface area contributed by atoms with E-state index in [1.807, 2.05) is 0 Å². The van der Waals surface area contributed by atoms with Crippen molar-refractivity contribution < 1.29 is 9.53 Å². The van der Waals surface area contributed by atoms with Crippen LogP contribution in [0.4, 0.5) is 11.4 Å². The minimum absolute atomic E-state index is 0.0527. The van der Waals surface area contributed by atoms with Crippen LogP contribution in [0.5, 0.6) is 5.75 Å². The van der Waals surface area contributed by atoms with Gasteiger partial charge in [0.1, 0.15) is 12.3 Å². The van der Waals surface area contributed by atoms with Crippen LogP contribution in [0.1, 0.15) is 0 Å². The van der Waals surface area contributed by atoms with E-state index >= 15 is 0 Å². The van der Waals surface area contributed by atoms with Crippen molar-refractivity contribution in [3.8, 4) is 5.75 Å². The molecule has 0 aliphatic carbocycles. The second-order valence-electron chi connectivity index (χ2n) is 3.07. The van der Waals surface area contributed by atoms with Gasteiger partial charge in [-0.15, -0.1) is 4.91 Å². The molecule has 1 amide bonds. The fraction of sp³-hybridized carbons (Fsp3) is 0.222. The van der Waals surface area contributed by atoms with Crippen molar-refractivity contribution >= 4 is 17.3 Å². The number of nitrogens with one attached hydrogen (secondary N) is 1. The Balaban J connectivity index is 2.46. The number of hydrogen-bond donors (Lipinski definition) is 1. The van der Waals surface area contributed by atoms with Gasteiger partial charge in [0.25, 0.3) is 0 Å². The summed E-state index contributed by atoms with van der Waals surface area (Å²) >= 11 is 0. The third-order valence-corrected chi connectivity index (χ3v) is 2.15. The van der Waals surface area contributed by atoms with E-state index in [1.165, 1.54) is 7.11 Å². The summed E-state index contributed by atoms with van der Waals surface area (Å²) in [7, 11) is 1.53. The zero-order valence-corrected chi connectivity index (χ0v) is 8.06. The van der Waals surface area contributed by atoms with E-state index in [-0.39, 0.29) is 12.5 Å². The molecule has 0 radical (unpaired) electrons. The van der Waals surface area contributed by atoms with Gasteiger partial charge >= 0.3 is 0 Å². The number of rotatable bonds is 2. The molecule has 15 heavy (non-hydrogen) atoms. The lowest BCUT2D eigenvalue weighted by atomic mass is 10.2. The maximum atomic E-state index is 11.2. The summed E-state index contributed by atoms with van der Waals surface area (Å²) in [5.74, 6) is 0.345. The summed E-state index contributed by atoms with van der Waals surface area (Å²) in [6.45, 7) is -0.0527.